The average molecular weight is 423 g/mol. The Balaban J connectivity index is 2.90. The molecule has 0 unspecified atom stereocenters. The quantitative estimate of drug-likeness (QED) is 0.122. The minimum Gasteiger partial charge on any atom is -0.466 e. The highest BCUT2D eigenvalue weighted by Gasteiger charge is 2.39. The first-order valence-electron chi connectivity index (χ1n) is 10.3. The minimum atomic E-state index is -1.96. The van der Waals surface area contributed by atoms with Gasteiger partial charge in [-0.1, -0.05) is 50.6 Å². The van der Waals surface area contributed by atoms with E-state index in [1.165, 1.54) is 13.2 Å². The lowest BCUT2D eigenvalue weighted by Gasteiger charge is -2.40. The fraction of sp³-hybridized carbons (Fsp3) is 0.652. The zero-order chi connectivity index (χ0) is 22.1. The smallest absolute Gasteiger partial charge is 0.330 e. The maximum Gasteiger partial charge on any atom is 0.330 e. The Kier molecular flexibility index (Phi) is 10.2. The molecule has 0 saturated heterocycles. The fourth-order valence-corrected chi connectivity index (χ4v) is 4.20. The monoisotopic (exact) mass is 422 g/mol. The van der Waals surface area contributed by atoms with Gasteiger partial charge in [-0.05, 0) is 37.9 Å². The molecule has 1 heterocycles. The van der Waals surface area contributed by atoms with Crippen molar-refractivity contribution in [3.8, 4) is 0 Å². The van der Waals surface area contributed by atoms with Gasteiger partial charge in [0.1, 0.15) is 6.29 Å². The van der Waals surface area contributed by atoms with Crippen LogP contribution in [0.4, 0.5) is 0 Å². The molecule has 0 fully saturated rings. The number of aldehydes is 1. The number of allylic oxidation sites excluding steroid dienone is 2. The number of ether oxygens (including phenoxy) is 2. The predicted octanol–water partition coefficient (Wildman–Crippen LogP) is 5.14. The maximum atomic E-state index is 11.3. The number of rotatable bonds is 10. The van der Waals surface area contributed by atoms with Gasteiger partial charge in [0.15, 0.2) is 8.32 Å². The first kappa shape index (κ1) is 25.5. The van der Waals surface area contributed by atoms with Crippen LogP contribution in [0.15, 0.2) is 36.0 Å². The highest BCUT2D eigenvalue weighted by Crippen LogP contribution is 2.38. The Hall–Kier alpha value is -1.50. The molecular formula is C23H38O5Si. The van der Waals surface area contributed by atoms with Crippen molar-refractivity contribution >= 4 is 20.6 Å². The van der Waals surface area contributed by atoms with Crippen LogP contribution in [0.3, 0.4) is 0 Å². The first-order valence-corrected chi connectivity index (χ1v) is 13.3. The normalized spacial score (nSPS) is 22.0. The largest absolute Gasteiger partial charge is 0.466 e. The molecule has 29 heavy (non-hydrogen) atoms. The Bertz CT molecular complexity index is 628. The van der Waals surface area contributed by atoms with Crippen LogP contribution in [0, 0.1) is 0 Å². The highest BCUT2D eigenvalue weighted by molar-refractivity contribution is 6.74. The van der Waals surface area contributed by atoms with Crippen molar-refractivity contribution in [1.82, 2.24) is 0 Å². The summed E-state index contributed by atoms with van der Waals surface area (Å²) >= 11 is 0. The van der Waals surface area contributed by atoms with Gasteiger partial charge in [-0.2, -0.15) is 0 Å². The number of carbonyl (C=O) groups excluding carboxylic acids is 2. The van der Waals surface area contributed by atoms with Crippen LogP contribution in [-0.4, -0.2) is 46.0 Å². The van der Waals surface area contributed by atoms with E-state index < -0.39 is 8.32 Å². The summed E-state index contributed by atoms with van der Waals surface area (Å²) in [7, 11) is -0.591. The van der Waals surface area contributed by atoms with Crippen molar-refractivity contribution in [3.63, 3.8) is 0 Å². The molecule has 0 bridgehead atoms. The lowest BCUT2D eigenvalue weighted by Crippen LogP contribution is -2.44. The Morgan fingerprint density at radius 2 is 2.00 bits per heavy atom. The molecule has 0 N–H and O–H groups in total. The summed E-state index contributed by atoms with van der Waals surface area (Å²) in [6.45, 7) is 13.1. The Labute approximate surface area is 177 Å². The standard InChI is InChI=1S/C23H38O5Si/c1-18(12-14-22(25)26-5)11-13-21(28-29(6,7)23(2,3)4)17-20-10-8-9-19(27-20)15-16-24/h8,10-12,14,16,19-21H,9,13,15,17H2,1-7H3/b14-12+,18-11+/t19-,20-,21-/m0/s1. The van der Waals surface area contributed by atoms with Crippen molar-refractivity contribution in [2.75, 3.05) is 7.11 Å². The van der Waals surface area contributed by atoms with Crippen LogP contribution < -0.4 is 0 Å². The van der Waals surface area contributed by atoms with E-state index >= 15 is 0 Å². The molecule has 1 rings (SSSR count). The lowest BCUT2D eigenvalue weighted by molar-refractivity contribution is -0.134. The van der Waals surface area contributed by atoms with Crippen molar-refractivity contribution in [1.29, 1.82) is 0 Å². The summed E-state index contributed by atoms with van der Waals surface area (Å²) in [5.41, 5.74) is 0.984. The average Bonchev–Trinajstić information content (AvgIpc) is 2.63. The van der Waals surface area contributed by atoms with Gasteiger partial charge in [-0.3, -0.25) is 0 Å². The maximum absolute atomic E-state index is 11.3. The second-order valence-electron chi connectivity index (χ2n) is 9.14. The van der Waals surface area contributed by atoms with Gasteiger partial charge in [-0.15, -0.1) is 0 Å². The van der Waals surface area contributed by atoms with Gasteiger partial charge < -0.3 is 18.7 Å². The third kappa shape index (κ3) is 9.23. The fourth-order valence-electron chi connectivity index (χ4n) is 2.82. The van der Waals surface area contributed by atoms with E-state index in [9.17, 15) is 9.59 Å². The van der Waals surface area contributed by atoms with E-state index in [0.29, 0.717) is 6.42 Å². The van der Waals surface area contributed by atoms with Gasteiger partial charge in [0.2, 0.25) is 0 Å². The summed E-state index contributed by atoms with van der Waals surface area (Å²) in [5.74, 6) is -0.367. The SMILES string of the molecule is COC(=O)/C=C/C(C)=C/C[C@@H](C[C@@H]1C=CC[C@@H](CC=O)O1)O[Si](C)(C)C(C)(C)C. The van der Waals surface area contributed by atoms with Crippen LogP contribution >= 0.6 is 0 Å². The van der Waals surface area contributed by atoms with Crippen LogP contribution in [0.2, 0.25) is 18.1 Å². The first-order chi connectivity index (χ1) is 13.5. The second kappa shape index (κ2) is 11.6. The van der Waals surface area contributed by atoms with Crippen LogP contribution in [0.5, 0.6) is 0 Å². The molecule has 0 radical (unpaired) electrons. The third-order valence-electron chi connectivity index (χ3n) is 5.62. The highest BCUT2D eigenvalue weighted by atomic mass is 28.4. The van der Waals surface area contributed by atoms with Gasteiger partial charge in [0.25, 0.3) is 0 Å². The Morgan fingerprint density at radius 3 is 2.59 bits per heavy atom. The molecule has 6 heteroatoms. The van der Waals surface area contributed by atoms with Gasteiger partial charge in [0.05, 0.1) is 25.4 Å². The van der Waals surface area contributed by atoms with Crippen LogP contribution in [-0.2, 0) is 23.5 Å². The minimum absolute atomic E-state index is 0.00185. The molecule has 0 aromatic carbocycles. The van der Waals surface area contributed by atoms with Crippen molar-refractivity contribution in [3.05, 3.63) is 36.0 Å². The van der Waals surface area contributed by atoms with E-state index in [-0.39, 0.29) is 29.3 Å². The molecular weight excluding hydrogens is 384 g/mol. The summed E-state index contributed by atoms with van der Waals surface area (Å²) < 4.78 is 17.4. The molecule has 0 aliphatic carbocycles. The molecule has 164 valence electrons. The zero-order valence-electron chi connectivity index (χ0n) is 19.1. The van der Waals surface area contributed by atoms with Gasteiger partial charge in [-0.25, -0.2) is 4.79 Å². The van der Waals surface area contributed by atoms with E-state index in [1.807, 2.05) is 6.92 Å². The van der Waals surface area contributed by atoms with E-state index in [4.69, 9.17) is 9.16 Å². The Morgan fingerprint density at radius 1 is 1.31 bits per heavy atom. The second-order valence-corrected chi connectivity index (χ2v) is 13.9. The summed E-state index contributed by atoms with van der Waals surface area (Å²) in [6, 6.07) is 0. The molecule has 0 spiro atoms. The molecule has 1 aliphatic rings. The molecule has 0 saturated carbocycles. The molecule has 0 aromatic rings. The van der Waals surface area contributed by atoms with Crippen LogP contribution in [0.25, 0.3) is 0 Å². The molecule has 1 aliphatic heterocycles. The number of methoxy groups -OCH3 is 1. The summed E-state index contributed by atoms with van der Waals surface area (Å²) in [6.07, 6.45) is 12.9. The summed E-state index contributed by atoms with van der Waals surface area (Å²) in [5, 5.41) is 0.109. The lowest BCUT2D eigenvalue weighted by atomic mass is 10.0. The summed E-state index contributed by atoms with van der Waals surface area (Å²) in [4.78, 5) is 22.1. The number of esters is 1. The van der Waals surface area contributed by atoms with Gasteiger partial charge in [0, 0.05) is 18.9 Å². The number of hydrogen-bond acceptors (Lipinski definition) is 5. The van der Waals surface area contributed by atoms with Crippen molar-refractivity contribution < 1.29 is 23.5 Å². The van der Waals surface area contributed by atoms with Crippen molar-refractivity contribution in [2.45, 2.75) is 89.8 Å². The topological polar surface area (TPSA) is 61.8 Å². The van der Waals surface area contributed by atoms with Crippen molar-refractivity contribution in [2.24, 2.45) is 0 Å². The molecule has 0 amide bonds. The van der Waals surface area contributed by atoms with Gasteiger partial charge >= 0.3 is 5.97 Å². The molecule has 3 atom stereocenters. The van der Waals surface area contributed by atoms with Crippen LogP contribution in [0.1, 0.15) is 53.4 Å². The van der Waals surface area contributed by atoms with E-state index in [1.54, 1.807) is 6.08 Å². The molecule has 0 aromatic heterocycles. The third-order valence-corrected chi connectivity index (χ3v) is 10.2. The zero-order valence-corrected chi connectivity index (χ0v) is 20.1. The van der Waals surface area contributed by atoms with E-state index in [2.05, 4.69) is 56.8 Å². The van der Waals surface area contributed by atoms with E-state index in [0.717, 1.165) is 31.1 Å². The number of carbonyl (C=O) groups is 2. The molecule has 5 nitrogen and oxygen atoms in total. The predicted molar refractivity (Wildman–Crippen MR) is 119 cm³/mol. The number of hydrogen-bond donors (Lipinski definition) is 0.